The number of hydrogen-bond donors (Lipinski definition) is 1. The molecule has 2 saturated heterocycles. The number of carbonyl (C=O) groups excluding carboxylic acids is 1. The van der Waals surface area contributed by atoms with Gasteiger partial charge >= 0.3 is 6.18 Å². The van der Waals surface area contributed by atoms with E-state index in [0.717, 1.165) is 43.5 Å². The van der Waals surface area contributed by atoms with Gasteiger partial charge in [-0.1, -0.05) is 12.1 Å². The average molecular weight is 480 g/mol. The van der Waals surface area contributed by atoms with Crippen LogP contribution in [0.3, 0.4) is 0 Å². The highest BCUT2D eigenvalue weighted by Crippen LogP contribution is 2.37. The number of likely N-dealkylation sites (tertiary alicyclic amines) is 2. The van der Waals surface area contributed by atoms with Gasteiger partial charge in [0.25, 0.3) is 5.56 Å². The Morgan fingerprint density at radius 1 is 1.18 bits per heavy atom. The molecule has 1 amide bonds. The summed E-state index contributed by atoms with van der Waals surface area (Å²) in [6.45, 7) is 3.70. The molecule has 1 aromatic carbocycles. The van der Waals surface area contributed by atoms with Crippen LogP contribution in [0.25, 0.3) is 0 Å². The summed E-state index contributed by atoms with van der Waals surface area (Å²) in [5.41, 5.74) is -2.01. The highest BCUT2D eigenvalue weighted by Gasteiger charge is 2.34. The number of hydrogen-bond acceptors (Lipinski definition) is 6. The van der Waals surface area contributed by atoms with Gasteiger partial charge < -0.3 is 15.1 Å². The monoisotopic (exact) mass is 479 g/mol. The summed E-state index contributed by atoms with van der Waals surface area (Å²) in [4.78, 5) is 29.5. The van der Waals surface area contributed by atoms with Crippen LogP contribution >= 0.6 is 11.5 Å². The third-order valence-electron chi connectivity index (χ3n) is 6.21. The Morgan fingerprint density at radius 2 is 1.88 bits per heavy atom. The SMILES string of the molecule is N#Cc1c(Nc2ccccc2C(F)(F)F)sn(CCC(=O)N2CCC(N3CCC3)CC2)c1=O. The molecule has 0 bridgehead atoms. The van der Waals surface area contributed by atoms with Gasteiger partial charge in [0.1, 0.15) is 11.1 Å². The van der Waals surface area contributed by atoms with Gasteiger partial charge in [-0.15, -0.1) is 0 Å². The molecule has 0 aliphatic carbocycles. The van der Waals surface area contributed by atoms with E-state index in [1.165, 1.54) is 28.6 Å². The summed E-state index contributed by atoms with van der Waals surface area (Å²) in [7, 11) is 0. The average Bonchev–Trinajstić information content (AvgIpc) is 3.05. The van der Waals surface area contributed by atoms with Gasteiger partial charge in [-0.25, -0.2) is 0 Å². The predicted octanol–water partition coefficient (Wildman–Crippen LogP) is 3.63. The number of aromatic nitrogens is 1. The fraction of sp³-hybridized carbons (Fsp3) is 0.500. The molecule has 0 unspecified atom stereocenters. The van der Waals surface area contributed by atoms with Crippen molar-refractivity contribution in [1.29, 1.82) is 5.26 Å². The summed E-state index contributed by atoms with van der Waals surface area (Å²) >= 11 is 0.854. The van der Waals surface area contributed by atoms with E-state index >= 15 is 0 Å². The molecule has 2 fully saturated rings. The van der Waals surface area contributed by atoms with Crippen molar-refractivity contribution in [2.75, 3.05) is 31.5 Å². The lowest BCUT2D eigenvalue weighted by atomic mass is 9.99. The number of benzene rings is 1. The number of nitriles is 1. The van der Waals surface area contributed by atoms with Crippen molar-refractivity contribution in [3.8, 4) is 6.07 Å². The summed E-state index contributed by atoms with van der Waals surface area (Å²) in [6, 6.07) is 7.19. The normalized spacial score (nSPS) is 17.5. The standard InChI is InChI=1S/C22H24F3N5O2S/c23-22(24,25)17-4-1-2-5-18(17)27-20-16(14-26)21(32)30(33-20)13-8-19(31)29-11-6-15(7-12-29)28-9-3-10-28/h1-2,4-5,15,27H,3,6-13H2. The molecule has 2 aromatic rings. The molecule has 1 N–H and O–H groups in total. The maximum atomic E-state index is 13.3. The minimum atomic E-state index is -4.58. The number of alkyl halides is 3. The Bertz CT molecular complexity index is 1110. The molecular formula is C22H24F3N5O2S. The number of halogens is 3. The smallest absolute Gasteiger partial charge is 0.344 e. The van der Waals surface area contributed by atoms with Crippen LogP contribution in [0.15, 0.2) is 29.1 Å². The van der Waals surface area contributed by atoms with Gasteiger partial charge in [0.15, 0.2) is 5.56 Å². The predicted molar refractivity (Wildman–Crippen MR) is 118 cm³/mol. The van der Waals surface area contributed by atoms with Crippen LogP contribution in [0, 0.1) is 11.3 Å². The van der Waals surface area contributed by atoms with E-state index in [-0.39, 0.29) is 35.1 Å². The van der Waals surface area contributed by atoms with Crippen molar-refractivity contribution in [3.05, 3.63) is 45.7 Å². The third-order valence-corrected chi connectivity index (χ3v) is 7.27. The maximum absolute atomic E-state index is 13.3. The molecule has 2 aliphatic rings. The Morgan fingerprint density at radius 3 is 2.48 bits per heavy atom. The van der Waals surface area contributed by atoms with Gasteiger partial charge in [-0.3, -0.25) is 13.5 Å². The van der Waals surface area contributed by atoms with Crippen molar-refractivity contribution in [3.63, 3.8) is 0 Å². The van der Waals surface area contributed by atoms with Crippen molar-refractivity contribution in [1.82, 2.24) is 13.8 Å². The van der Waals surface area contributed by atoms with Gasteiger partial charge in [-0.05, 0) is 56.0 Å². The first-order valence-electron chi connectivity index (χ1n) is 10.9. The van der Waals surface area contributed by atoms with Crippen LogP contribution < -0.4 is 10.9 Å². The number of amides is 1. The largest absolute Gasteiger partial charge is 0.418 e. The first kappa shape index (κ1) is 23.3. The number of nitrogens with one attached hydrogen (secondary N) is 1. The van der Waals surface area contributed by atoms with Crippen molar-refractivity contribution >= 4 is 28.1 Å². The second kappa shape index (κ2) is 9.57. The van der Waals surface area contributed by atoms with Gasteiger partial charge in [0.05, 0.1) is 11.3 Å². The summed E-state index contributed by atoms with van der Waals surface area (Å²) < 4.78 is 41.1. The van der Waals surface area contributed by atoms with Crippen LogP contribution in [0.5, 0.6) is 0 Å². The lowest BCUT2D eigenvalue weighted by Crippen LogP contribution is -2.51. The zero-order chi connectivity index (χ0) is 23.6. The highest BCUT2D eigenvalue weighted by atomic mass is 32.1. The molecule has 3 heterocycles. The number of nitrogens with zero attached hydrogens (tertiary/aromatic N) is 4. The Hall–Kier alpha value is -2.84. The van der Waals surface area contributed by atoms with Gasteiger partial charge in [-0.2, -0.15) is 18.4 Å². The minimum Gasteiger partial charge on any atom is -0.344 e. The second-order valence-corrected chi connectivity index (χ2v) is 9.27. The van der Waals surface area contributed by atoms with E-state index in [1.54, 1.807) is 11.0 Å². The fourth-order valence-corrected chi connectivity index (χ4v) is 5.21. The number of anilines is 2. The topological polar surface area (TPSA) is 81.4 Å². The Labute approximate surface area is 193 Å². The number of rotatable bonds is 6. The molecule has 4 rings (SSSR count). The Kier molecular flexibility index (Phi) is 6.76. The molecule has 11 heteroatoms. The van der Waals surface area contributed by atoms with Crippen LogP contribution in [-0.4, -0.2) is 51.9 Å². The number of aryl methyl sites for hydroxylation is 1. The molecule has 1 aromatic heterocycles. The number of piperidine rings is 1. The third kappa shape index (κ3) is 5.07. The molecule has 2 aliphatic heterocycles. The Balaban J connectivity index is 1.41. The molecule has 0 atom stereocenters. The molecule has 176 valence electrons. The lowest BCUT2D eigenvalue weighted by molar-refractivity contribution is -0.137. The summed E-state index contributed by atoms with van der Waals surface area (Å²) in [5, 5.41) is 12.0. The van der Waals surface area contributed by atoms with E-state index < -0.39 is 17.3 Å². The van der Waals surface area contributed by atoms with E-state index in [0.29, 0.717) is 19.1 Å². The van der Waals surface area contributed by atoms with Crippen LogP contribution in [0.1, 0.15) is 36.8 Å². The summed E-state index contributed by atoms with van der Waals surface area (Å²) in [5.74, 6) is -0.0622. The van der Waals surface area contributed by atoms with E-state index in [1.807, 2.05) is 0 Å². The highest BCUT2D eigenvalue weighted by molar-refractivity contribution is 7.11. The maximum Gasteiger partial charge on any atom is 0.418 e. The minimum absolute atomic E-state index is 0.0296. The molecule has 0 radical (unpaired) electrons. The zero-order valence-electron chi connectivity index (χ0n) is 17.9. The first-order chi connectivity index (χ1) is 15.8. The van der Waals surface area contributed by atoms with Gasteiger partial charge in [0, 0.05) is 32.1 Å². The first-order valence-corrected chi connectivity index (χ1v) is 11.6. The van der Waals surface area contributed by atoms with Crippen LogP contribution in [0.2, 0.25) is 0 Å². The zero-order valence-corrected chi connectivity index (χ0v) is 18.7. The van der Waals surface area contributed by atoms with Crippen molar-refractivity contribution in [2.45, 2.75) is 44.4 Å². The number of para-hydroxylation sites is 1. The van der Waals surface area contributed by atoms with E-state index in [9.17, 15) is 28.0 Å². The van der Waals surface area contributed by atoms with E-state index in [4.69, 9.17) is 0 Å². The molecule has 33 heavy (non-hydrogen) atoms. The van der Waals surface area contributed by atoms with Crippen molar-refractivity contribution < 1.29 is 18.0 Å². The van der Waals surface area contributed by atoms with Crippen LogP contribution in [-0.2, 0) is 17.5 Å². The lowest BCUT2D eigenvalue weighted by Gasteiger charge is -2.43. The molecule has 0 saturated carbocycles. The summed E-state index contributed by atoms with van der Waals surface area (Å²) in [6.07, 6.45) is -1.37. The quantitative estimate of drug-likeness (QED) is 0.684. The molecule has 7 nitrogen and oxygen atoms in total. The van der Waals surface area contributed by atoms with Gasteiger partial charge in [0.2, 0.25) is 5.91 Å². The fourth-order valence-electron chi connectivity index (χ4n) is 4.25. The van der Waals surface area contributed by atoms with Crippen molar-refractivity contribution in [2.24, 2.45) is 0 Å². The molecular weight excluding hydrogens is 455 g/mol. The second-order valence-electron chi connectivity index (χ2n) is 8.23. The molecule has 0 spiro atoms. The van der Waals surface area contributed by atoms with Crippen LogP contribution in [0.4, 0.5) is 23.9 Å². The number of carbonyl (C=O) groups is 1. The van der Waals surface area contributed by atoms with E-state index in [2.05, 4.69) is 10.2 Å².